The quantitative estimate of drug-likeness (QED) is 0.751. The van der Waals surface area contributed by atoms with Gasteiger partial charge in [-0.25, -0.2) is 9.97 Å². The number of para-hydroxylation sites is 1. The summed E-state index contributed by atoms with van der Waals surface area (Å²) in [6, 6.07) is 7.68. The van der Waals surface area contributed by atoms with Crippen LogP contribution in [0.15, 0.2) is 35.0 Å². The molecule has 2 N–H and O–H groups in total. The molecule has 0 aliphatic carbocycles. The standard InChI is InChI=1S/C15H16N4O2/c1-2-7-16-12(20)8-17-15-14-13(18-9-19-15)10-5-3-4-6-11(10)21-14/h3-6,9H,2,7-8H2,1H3,(H,16,20)(H,17,18,19). The van der Waals surface area contributed by atoms with E-state index in [1.54, 1.807) is 0 Å². The molecule has 3 aromatic rings. The maximum atomic E-state index is 11.6. The topological polar surface area (TPSA) is 80.0 Å². The highest BCUT2D eigenvalue weighted by Gasteiger charge is 2.13. The van der Waals surface area contributed by atoms with Gasteiger partial charge in [-0.3, -0.25) is 4.79 Å². The zero-order chi connectivity index (χ0) is 14.7. The summed E-state index contributed by atoms with van der Waals surface area (Å²) in [5, 5.41) is 6.74. The number of rotatable bonds is 5. The Hall–Kier alpha value is -2.63. The average Bonchev–Trinajstić information content (AvgIpc) is 2.90. The third-order valence-corrected chi connectivity index (χ3v) is 3.15. The Bertz CT molecular complexity index is 782. The van der Waals surface area contributed by atoms with Crippen molar-refractivity contribution >= 4 is 33.8 Å². The van der Waals surface area contributed by atoms with Crippen molar-refractivity contribution in [3.63, 3.8) is 0 Å². The van der Waals surface area contributed by atoms with Gasteiger partial charge in [-0.1, -0.05) is 19.1 Å². The Morgan fingerprint density at radius 2 is 2.14 bits per heavy atom. The molecule has 0 bridgehead atoms. The van der Waals surface area contributed by atoms with E-state index in [1.807, 2.05) is 31.2 Å². The number of fused-ring (bicyclic) bond motifs is 3. The second-order valence-corrected chi connectivity index (χ2v) is 4.70. The van der Waals surface area contributed by atoms with E-state index in [-0.39, 0.29) is 12.5 Å². The number of furan rings is 1. The van der Waals surface area contributed by atoms with Crippen LogP contribution in [0.1, 0.15) is 13.3 Å². The molecular formula is C15H16N4O2. The number of aromatic nitrogens is 2. The average molecular weight is 284 g/mol. The summed E-state index contributed by atoms with van der Waals surface area (Å²) < 4.78 is 5.78. The molecular weight excluding hydrogens is 268 g/mol. The molecule has 0 saturated heterocycles. The number of carbonyl (C=O) groups is 1. The van der Waals surface area contributed by atoms with E-state index in [0.29, 0.717) is 17.9 Å². The molecule has 3 rings (SSSR count). The van der Waals surface area contributed by atoms with Crippen LogP contribution in [0.3, 0.4) is 0 Å². The van der Waals surface area contributed by atoms with E-state index in [0.717, 1.165) is 22.9 Å². The summed E-state index contributed by atoms with van der Waals surface area (Å²) in [5.74, 6) is 0.461. The fraction of sp³-hybridized carbons (Fsp3) is 0.267. The van der Waals surface area contributed by atoms with Crippen LogP contribution in [-0.4, -0.2) is 29.0 Å². The number of hydrogen-bond donors (Lipinski definition) is 2. The summed E-state index contributed by atoms with van der Waals surface area (Å²) in [7, 11) is 0. The number of amides is 1. The van der Waals surface area contributed by atoms with E-state index in [2.05, 4.69) is 20.6 Å². The van der Waals surface area contributed by atoms with Crippen molar-refractivity contribution in [1.82, 2.24) is 15.3 Å². The van der Waals surface area contributed by atoms with Crippen LogP contribution in [0, 0.1) is 0 Å². The smallest absolute Gasteiger partial charge is 0.239 e. The van der Waals surface area contributed by atoms with Crippen molar-refractivity contribution in [1.29, 1.82) is 0 Å². The van der Waals surface area contributed by atoms with Gasteiger partial charge in [-0.15, -0.1) is 0 Å². The molecule has 108 valence electrons. The second kappa shape index (κ2) is 5.78. The van der Waals surface area contributed by atoms with Crippen molar-refractivity contribution < 1.29 is 9.21 Å². The third kappa shape index (κ3) is 2.65. The monoisotopic (exact) mass is 284 g/mol. The summed E-state index contributed by atoms with van der Waals surface area (Å²) in [5.41, 5.74) is 2.07. The fourth-order valence-corrected chi connectivity index (χ4v) is 2.14. The summed E-state index contributed by atoms with van der Waals surface area (Å²) in [6.45, 7) is 2.84. The second-order valence-electron chi connectivity index (χ2n) is 4.70. The molecule has 2 aromatic heterocycles. The number of anilines is 1. The highest BCUT2D eigenvalue weighted by molar-refractivity contribution is 6.05. The molecule has 0 spiro atoms. The van der Waals surface area contributed by atoms with Gasteiger partial charge in [-0.05, 0) is 18.6 Å². The Balaban J connectivity index is 1.87. The number of nitrogens with zero attached hydrogens (tertiary/aromatic N) is 2. The SMILES string of the molecule is CCCNC(=O)CNc1ncnc2c1oc1ccccc12. The van der Waals surface area contributed by atoms with Crippen molar-refractivity contribution in [3.8, 4) is 0 Å². The van der Waals surface area contributed by atoms with Gasteiger partial charge in [0.05, 0.1) is 6.54 Å². The van der Waals surface area contributed by atoms with Gasteiger partial charge in [0.25, 0.3) is 0 Å². The Labute approximate surface area is 121 Å². The fourth-order valence-electron chi connectivity index (χ4n) is 2.14. The number of benzene rings is 1. The van der Waals surface area contributed by atoms with Crippen LogP contribution in [0.25, 0.3) is 22.1 Å². The van der Waals surface area contributed by atoms with E-state index in [9.17, 15) is 4.79 Å². The minimum absolute atomic E-state index is 0.0697. The highest BCUT2D eigenvalue weighted by atomic mass is 16.3. The predicted molar refractivity (Wildman–Crippen MR) is 81.1 cm³/mol. The molecule has 6 heteroatoms. The van der Waals surface area contributed by atoms with Crippen LogP contribution >= 0.6 is 0 Å². The molecule has 0 aliphatic heterocycles. The number of carbonyl (C=O) groups excluding carboxylic acids is 1. The highest BCUT2D eigenvalue weighted by Crippen LogP contribution is 2.29. The molecule has 1 amide bonds. The summed E-state index contributed by atoms with van der Waals surface area (Å²) in [6.07, 6.45) is 2.38. The van der Waals surface area contributed by atoms with E-state index in [1.165, 1.54) is 6.33 Å². The Morgan fingerprint density at radius 1 is 1.29 bits per heavy atom. The van der Waals surface area contributed by atoms with Crippen LogP contribution in [0.2, 0.25) is 0 Å². The van der Waals surface area contributed by atoms with Crippen molar-refractivity contribution in [3.05, 3.63) is 30.6 Å². The first-order valence-electron chi connectivity index (χ1n) is 6.92. The molecule has 1 aromatic carbocycles. The van der Waals surface area contributed by atoms with Crippen molar-refractivity contribution in [2.24, 2.45) is 0 Å². The lowest BCUT2D eigenvalue weighted by atomic mass is 10.2. The summed E-state index contributed by atoms with van der Waals surface area (Å²) in [4.78, 5) is 20.1. The zero-order valence-corrected chi connectivity index (χ0v) is 11.7. The van der Waals surface area contributed by atoms with Crippen LogP contribution in [0.5, 0.6) is 0 Å². The summed E-state index contributed by atoms with van der Waals surface area (Å²) >= 11 is 0. The zero-order valence-electron chi connectivity index (χ0n) is 11.7. The maximum Gasteiger partial charge on any atom is 0.239 e. The first-order chi connectivity index (χ1) is 10.3. The third-order valence-electron chi connectivity index (χ3n) is 3.15. The largest absolute Gasteiger partial charge is 0.450 e. The lowest BCUT2D eigenvalue weighted by Crippen LogP contribution is -2.30. The van der Waals surface area contributed by atoms with Crippen LogP contribution in [-0.2, 0) is 4.79 Å². The van der Waals surface area contributed by atoms with Gasteiger partial charge < -0.3 is 15.1 Å². The molecule has 21 heavy (non-hydrogen) atoms. The normalized spacial score (nSPS) is 10.9. The van der Waals surface area contributed by atoms with Gasteiger partial charge in [0.1, 0.15) is 17.4 Å². The van der Waals surface area contributed by atoms with Crippen LogP contribution < -0.4 is 10.6 Å². The molecule has 0 atom stereocenters. The minimum atomic E-state index is -0.0697. The lowest BCUT2D eigenvalue weighted by molar-refractivity contribution is -0.119. The first-order valence-corrected chi connectivity index (χ1v) is 6.92. The molecule has 0 aliphatic rings. The van der Waals surface area contributed by atoms with Crippen molar-refractivity contribution in [2.45, 2.75) is 13.3 Å². The van der Waals surface area contributed by atoms with Gasteiger partial charge in [0.2, 0.25) is 5.91 Å². The van der Waals surface area contributed by atoms with E-state index in [4.69, 9.17) is 4.42 Å². The van der Waals surface area contributed by atoms with Gasteiger partial charge in [0.15, 0.2) is 11.4 Å². The van der Waals surface area contributed by atoms with Gasteiger partial charge in [-0.2, -0.15) is 0 Å². The molecule has 6 nitrogen and oxygen atoms in total. The van der Waals surface area contributed by atoms with E-state index >= 15 is 0 Å². The predicted octanol–water partition coefficient (Wildman–Crippen LogP) is 2.31. The van der Waals surface area contributed by atoms with Gasteiger partial charge in [0, 0.05) is 11.9 Å². The lowest BCUT2D eigenvalue weighted by Gasteiger charge is -2.06. The molecule has 0 saturated carbocycles. The van der Waals surface area contributed by atoms with Gasteiger partial charge >= 0.3 is 0 Å². The number of hydrogen-bond acceptors (Lipinski definition) is 5. The maximum absolute atomic E-state index is 11.6. The van der Waals surface area contributed by atoms with Crippen molar-refractivity contribution in [2.75, 3.05) is 18.4 Å². The molecule has 0 unspecified atom stereocenters. The minimum Gasteiger partial charge on any atom is -0.450 e. The molecule has 0 fully saturated rings. The first kappa shape index (κ1) is 13.4. The van der Waals surface area contributed by atoms with Crippen LogP contribution in [0.4, 0.5) is 5.82 Å². The molecule has 2 heterocycles. The van der Waals surface area contributed by atoms with E-state index < -0.39 is 0 Å². The Morgan fingerprint density at radius 3 is 3.00 bits per heavy atom. The molecule has 0 radical (unpaired) electrons. The Kier molecular flexibility index (Phi) is 3.68. The number of nitrogens with one attached hydrogen (secondary N) is 2.